The van der Waals surface area contributed by atoms with Gasteiger partial charge >= 0.3 is 0 Å². The Kier molecular flexibility index (Phi) is 4.54. The number of fused-ring (bicyclic) bond motifs is 1. The Morgan fingerprint density at radius 1 is 0.909 bits per heavy atom. The average Bonchev–Trinajstić information content (AvgIpc) is 3.27. The van der Waals surface area contributed by atoms with Gasteiger partial charge in [0.2, 0.25) is 12.7 Å². The summed E-state index contributed by atoms with van der Waals surface area (Å²) in [7, 11) is 0. The maximum absolute atomic E-state index is 13.3. The van der Waals surface area contributed by atoms with E-state index in [2.05, 4.69) is 10.5 Å². The molecule has 4 aromatic rings. The number of nitrogens with zero attached hydrogens (tertiary/aromatic N) is 1. The number of aromatic nitrogens is 1. The van der Waals surface area contributed by atoms with Gasteiger partial charge in [-0.1, -0.05) is 35.5 Å². The smallest absolute Gasteiger partial charge is 0.236 e. The zero-order chi connectivity index (χ0) is 22.3. The molecule has 0 spiro atoms. The predicted octanol–water partition coefficient (Wildman–Crippen LogP) is 5.53. The van der Waals surface area contributed by atoms with Crippen LogP contribution in [0.15, 0.2) is 83.4 Å². The molecule has 164 valence electrons. The fourth-order valence-corrected chi connectivity index (χ4v) is 3.93. The highest BCUT2D eigenvalue weighted by atomic mass is 16.7. The Balaban J connectivity index is 1.23. The van der Waals surface area contributed by atoms with Crippen molar-refractivity contribution in [3.8, 4) is 34.3 Å². The third-order valence-electron chi connectivity index (χ3n) is 5.95. The second-order valence-corrected chi connectivity index (χ2v) is 8.09. The fourth-order valence-electron chi connectivity index (χ4n) is 3.93. The summed E-state index contributed by atoms with van der Waals surface area (Å²) in [5, 5.41) is 7.27. The first-order valence-corrected chi connectivity index (χ1v) is 10.7. The highest BCUT2D eigenvalue weighted by Crippen LogP contribution is 2.50. The van der Waals surface area contributed by atoms with Crippen LogP contribution in [0.1, 0.15) is 18.5 Å². The summed E-state index contributed by atoms with van der Waals surface area (Å²) in [6.45, 7) is 0.208. The van der Waals surface area contributed by atoms with Gasteiger partial charge in [-0.3, -0.25) is 4.79 Å². The normalized spacial score (nSPS) is 15.2. The summed E-state index contributed by atoms with van der Waals surface area (Å²) in [5.74, 6) is 3.10. The summed E-state index contributed by atoms with van der Waals surface area (Å²) in [6, 6.07) is 24.3. The number of benzene rings is 3. The van der Waals surface area contributed by atoms with Gasteiger partial charge in [-0.2, -0.15) is 0 Å². The Morgan fingerprint density at radius 3 is 2.55 bits per heavy atom. The van der Waals surface area contributed by atoms with Gasteiger partial charge in [0, 0.05) is 11.6 Å². The number of carbonyl (C=O) groups excluding carboxylic acids is 1. The number of anilines is 1. The molecule has 0 bridgehead atoms. The van der Waals surface area contributed by atoms with Gasteiger partial charge < -0.3 is 24.1 Å². The van der Waals surface area contributed by atoms with Crippen molar-refractivity contribution in [3.05, 3.63) is 84.6 Å². The maximum Gasteiger partial charge on any atom is 0.236 e. The Labute approximate surface area is 189 Å². The molecule has 1 saturated carbocycles. The van der Waals surface area contributed by atoms with Crippen LogP contribution in [0.3, 0.4) is 0 Å². The predicted molar refractivity (Wildman–Crippen MR) is 121 cm³/mol. The van der Waals surface area contributed by atoms with Crippen molar-refractivity contribution >= 4 is 11.6 Å². The van der Waals surface area contributed by atoms with Crippen LogP contribution in [-0.2, 0) is 10.2 Å². The average molecular weight is 440 g/mol. The van der Waals surface area contributed by atoms with E-state index >= 15 is 0 Å². The SMILES string of the molecule is O=C(Nc1ccccc1Oc1ccccc1)C1(c2cc(-c3ccc4c(c3)OCO4)on2)CC1. The molecule has 1 aromatic heterocycles. The Bertz CT molecular complexity index is 1330. The highest BCUT2D eigenvalue weighted by Gasteiger charge is 2.54. The Hall–Kier alpha value is -4.26. The van der Waals surface area contributed by atoms with Crippen LogP contribution < -0.4 is 19.5 Å². The number of carbonyl (C=O) groups is 1. The molecule has 0 atom stereocenters. The molecule has 7 heteroatoms. The van der Waals surface area contributed by atoms with Crippen LogP contribution in [0.5, 0.6) is 23.0 Å². The van der Waals surface area contributed by atoms with Crippen molar-refractivity contribution in [1.29, 1.82) is 0 Å². The zero-order valence-electron chi connectivity index (χ0n) is 17.6. The fraction of sp³-hybridized carbons (Fsp3) is 0.154. The van der Waals surface area contributed by atoms with E-state index in [9.17, 15) is 4.79 Å². The third kappa shape index (κ3) is 3.57. The first-order valence-electron chi connectivity index (χ1n) is 10.7. The standard InChI is InChI=1S/C26H20N2O5/c29-25(27-19-8-4-5-9-20(19)32-18-6-2-1-3-7-18)26(12-13-26)24-15-22(33-28-24)17-10-11-21-23(14-17)31-16-30-21/h1-11,14-15H,12-13,16H2,(H,27,29). The van der Waals surface area contributed by atoms with Crippen LogP contribution >= 0.6 is 0 Å². The van der Waals surface area contributed by atoms with Crippen molar-refractivity contribution in [2.45, 2.75) is 18.3 Å². The number of para-hydroxylation sites is 3. The minimum absolute atomic E-state index is 0.128. The number of amides is 1. The van der Waals surface area contributed by atoms with E-state index in [0.29, 0.717) is 53.0 Å². The molecule has 7 nitrogen and oxygen atoms in total. The lowest BCUT2D eigenvalue weighted by atomic mass is 10.00. The molecule has 2 heterocycles. The van der Waals surface area contributed by atoms with E-state index in [1.165, 1.54) is 0 Å². The molecule has 1 amide bonds. The lowest BCUT2D eigenvalue weighted by molar-refractivity contribution is -0.118. The summed E-state index contributed by atoms with van der Waals surface area (Å²) < 4.78 is 22.4. The molecule has 6 rings (SSSR count). The highest BCUT2D eigenvalue weighted by molar-refractivity contribution is 6.02. The number of hydrogen-bond acceptors (Lipinski definition) is 6. The largest absolute Gasteiger partial charge is 0.455 e. The molecule has 33 heavy (non-hydrogen) atoms. The van der Waals surface area contributed by atoms with E-state index in [-0.39, 0.29) is 12.7 Å². The van der Waals surface area contributed by atoms with Gasteiger partial charge in [-0.15, -0.1) is 0 Å². The topological polar surface area (TPSA) is 82.8 Å². The van der Waals surface area contributed by atoms with Gasteiger partial charge in [0.1, 0.15) is 5.75 Å². The van der Waals surface area contributed by atoms with E-state index < -0.39 is 5.41 Å². The van der Waals surface area contributed by atoms with E-state index in [4.69, 9.17) is 18.7 Å². The summed E-state index contributed by atoms with van der Waals surface area (Å²) in [6.07, 6.45) is 1.40. The van der Waals surface area contributed by atoms with Crippen molar-refractivity contribution in [2.75, 3.05) is 12.1 Å². The quantitative estimate of drug-likeness (QED) is 0.424. The van der Waals surface area contributed by atoms with Crippen LogP contribution in [0.2, 0.25) is 0 Å². The molecule has 1 aliphatic carbocycles. The molecule has 0 unspecified atom stereocenters. The van der Waals surface area contributed by atoms with Crippen LogP contribution in [-0.4, -0.2) is 17.9 Å². The maximum atomic E-state index is 13.3. The molecule has 1 fully saturated rings. The molecule has 1 aliphatic heterocycles. The molecule has 1 N–H and O–H groups in total. The summed E-state index contributed by atoms with van der Waals surface area (Å²) in [5.41, 5.74) is 1.33. The van der Waals surface area contributed by atoms with E-state index in [0.717, 1.165) is 5.56 Å². The first-order chi connectivity index (χ1) is 16.2. The number of hydrogen-bond donors (Lipinski definition) is 1. The molecule has 3 aromatic carbocycles. The first kappa shape index (κ1) is 19.4. The molecular formula is C26H20N2O5. The van der Waals surface area contributed by atoms with E-state index in [1.807, 2.05) is 78.9 Å². The van der Waals surface area contributed by atoms with Gasteiger partial charge in [-0.25, -0.2) is 0 Å². The number of rotatable bonds is 6. The second kappa shape index (κ2) is 7.70. The second-order valence-electron chi connectivity index (χ2n) is 8.09. The monoisotopic (exact) mass is 440 g/mol. The van der Waals surface area contributed by atoms with Crippen molar-refractivity contribution < 1.29 is 23.5 Å². The van der Waals surface area contributed by atoms with Crippen molar-refractivity contribution in [2.24, 2.45) is 0 Å². The van der Waals surface area contributed by atoms with Crippen molar-refractivity contribution in [3.63, 3.8) is 0 Å². The third-order valence-corrected chi connectivity index (χ3v) is 5.95. The minimum Gasteiger partial charge on any atom is -0.455 e. The van der Waals surface area contributed by atoms with Gasteiger partial charge in [0.25, 0.3) is 0 Å². The Morgan fingerprint density at radius 2 is 1.70 bits per heavy atom. The summed E-state index contributed by atoms with van der Waals surface area (Å²) in [4.78, 5) is 13.3. The zero-order valence-corrected chi connectivity index (χ0v) is 17.6. The molecular weight excluding hydrogens is 420 g/mol. The van der Waals surface area contributed by atoms with Crippen LogP contribution in [0.4, 0.5) is 5.69 Å². The van der Waals surface area contributed by atoms with Crippen LogP contribution in [0, 0.1) is 0 Å². The van der Waals surface area contributed by atoms with Crippen molar-refractivity contribution in [1.82, 2.24) is 5.16 Å². The summed E-state index contributed by atoms with van der Waals surface area (Å²) >= 11 is 0. The molecule has 2 aliphatic rings. The molecule has 0 radical (unpaired) electrons. The van der Waals surface area contributed by atoms with Crippen LogP contribution in [0.25, 0.3) is 11.3 Å². The number of ether oxygens (including phenoxy) is 3. The van der Waals surface area contributed by atoms with Gasteiger partial charge in [0.05, 0.1) is 16.8 Å². The van der Waals surface area contributed by atoms with E-state index in [1.54, 1.807) is 0 Å². The lowest BCUT2D eigenvalue weighted by Gasteiger charge is -2.15. The van der Waals surface area contributed by atoms with Gasteiger partial charge in [0.15, 0.2) is 23.0 Å². The molecule has 0 saturated heterocycles. The number of nitrogens with one attached hydrogen (secondary N) is 1. The lowest BCUT2D eigenvalue weighted by Crippen LogP contribution is -2.28. The minimum atomic E-state index is -0.710. The van der Waals surface area contributed by atoms with Gasteiger partial charge in [-0.05, 0) is 55.3 Å².